The van der Waals surface area contributed by atoms with Crippen LogP contribution in [0.2, 0.25) is 0 Å². The van der Waals surface area contributed by atoms with Gasteiger partial charge in [-0.3, -0.25) is 9.78 Å². The zero-order valence-electron chi connectivity index (χ0n) is 9.10. The number of thioether (sulfide) groups is 1. The number of hydrogen-bond acceptors (Lipinski definition) is 5. The Bertz CT molecular complexity index is 370. The molecular formula is C10H13NO4S. The Labute approximate surface area is 97.8 Å². The van der Waals surface area contributed by atoms with Crippen molar-refractivity contribution in [1.29, 1.82) is 0 Å². The molecule has 1 aromatic rings. The maximum Gasteiger partial charge on any atom is 0.313 e. The maximum absolute atomic E-state index is 10.4. The van der Waals surface area contributed by atoms with Crippen molar-refractivity contribution < 1.29 is 19.4 Å². The van der Waals surface area contributed by atoms with Crippen molar-refractivity contribution in [1.82, 2.24) is 4.98 Å². The smallest absolute Gasteiger partial charge is 0.313 e. The number of pyridine rings is 1. The normalized spacial score (nSPS) is 9.88. The Morgan fingerprint density at radius 1 is 1.50 bits per heavy atom. The second kappa shape index (κ2) is 6.22. The van der Waals surface area contributed by atoms with Gasteiger partial charge in [-0.25, -0.2) is 0 Å². The summed E-state index contributed by atoms with van der Waals surface area (Å²) in [5, 5.41) is 8.52. The van der Waals surface area contributed by atoms with Crippen molar-refractivity contribution in [2.75, 3.05) is 20.0 Å². The fourth-order valence-corrected chi connectivity index (χ4v) is 1.86. The largest absolute Gasteiger partial charge is 0.493 e. The zero-order chi connectivity index (χ0) is 12.0. The van der Waals surface area contributed by atoms with Gasteiger partial charge < -0.3 is 14.6 Å². The quantitative estimate of drug-likeness (QED) is 0.814. The molecule has 0 saturated heterocycles. The van der Waals surface area contributed by atoms with Gasteiger partial charge in [0, 0.05) is 18.0 Å². The molecule has 0 aromatic carbocycles. The number of ether oxygens (including phenoxy) is 2. The first-order valence-corrected chi connectivity index (χ1v) is 5.70. The van der Waals surface area contributed by atoms with Crippen molar-refractivity contribution in [2.24, 2.45) is 0 Å². The highest BCUT2D eigenvalue weighted by atomic mass is 32.2. The van der Waals surface area contributed by atoms with Crippen LogP contribution in [0.3, 0.4) is 0 Å². The van der Waals surface area contributed by atoms with Crippen molar-refractivity contribution in [3.8, 4) is 11.5 Å². The topological polar surface area (TPSA) is 68.7 Å². The number of aromatic nitrogens is 1. The average Bonchev–Trinajstić information content (AvgIpc) is 2.28. The summed E-state index contributed by atoms with van der Waals surface area (Å²) < 4.78 is 10.3. The van der Waals surface area contributed by atoms with Crippen LogP contribution < -0.4 is 9.47 Å². The van der Waals surface area contributed by atoms with Crippen LogP contribution in [0.1, 0.15) is 5.69 Å². The number of rotatable bonds is 6. The van der Waals surface area contributed by atoms with Gasteiger partial charge in [0.1, 0.15) is 0 Å². The Morgan fingerprint density at radius 2 is 2.25 bits per heavy atom. The van der Waals surface area contributed by atoms with E-state index in [2.05, 4.69) is 4.98 Å². The molecule has 0 amide bonds. The maximum atomic E-state index is 10.4. The van der Waals surface area contributed by atoms with Crippen molar-refractivity contribution >= 4 is 17.7 Å². The van der Waals surface area contributed by atoms with Gasteiger partial charge in [-0.1, -0.05) is 0 Å². The molecule has 5 nitrogen and oxygen atoms in total. The number of methoxy groups -OCH3 is 2. The monoisotopic (exact) mass is 243 g/mol. The first-order valence-electron chi connectivity index (χ1n) is 4.54. The Morgan fingerprint density at radius 3 is 2.81 bits per heavy atom. The number of hydrogen-bond donors (Lipinski definition) is 1. The number of carboxylic acids is 1. The molecular weight excluding hydrogens is 230 g/mol. The summed E-state index contributed by atoms with van der Waals surface area (Å²) in [5.41, 5.74) is 0.688. The van der Waals surface area contributed by atoms with Gasteiger partial charge >= 0.3 is 5.97 Å². The van der Waals surface area contributed by atoms with Gasteiger partial charge in [0.05, 0.1) is 25.7 Å². The number of nitrogens with zero attached hydrogens (tertiary/aromatic N) is 1. The Kier molecular flexibility index (Phi) is 4.91. The molecule has 0 aliphatic carbocycles. The molecule has 1 N–H and O–H groups in total. The summed E-state index contributed by atoms with van der Waals surface area (Å²) in [7, 11) is 3.08. The summed E-state index contributed by atoms with van der Waals surface area (Å²) in [4.78, 5) is 14.5. The summed E-state index contributed by atoms with van der Waals surface area (Å²) >= 11 is 1.27. The van der Waals surface area contributed by atoms with Gasteiger partial charge in [-0.05, 0) is 0 Å². The number of aliphatic carboxylic acids is 1. The predicted molar refractivity (Wildman–Crippen MR) is 61.1 cm³/mol. The van der Waals surface area contributed by atoms with Gasteiger partial charge in [0.15, 0.2) is 11.5 Å². The van der Waals surface area contributed by atoms with Crippen LogP contribution in [0.15, 0.2) is 12.3 Å². The molecule has 0 radical (unpaired) electrons. The lowest BCUT2D eigenvalue weighted by atomic mass is 10.3. The van der Waals surface area contributed by atoms with E-state index in [0.717, 1.165) is 0 Å². The molecule has 0 atom stereocenters. The van der Waals surface area contributed by atoms with Gasteiger partial charge in [-0.15, -0.1) is 11.8 Å². The predicted octanol–water partition coefficient (Wildman–Crippen LogP) is 1.42. The van der Waals surface area contributed by atoms with E-state index in [4.69, 9.17) is 14.6 Å². The lowest BCUT2D eigenvalue weighted by molar-refractivity contribution is -0.133. The minimum atomic E-state index is -0.841. The molecule has 0 saturated carbocycles. The third kappa shape index (κ3) is 3.30. The summed E-state index contributed by atoms with van der Waals surface area (Å²) in [6.07, 6.45) is 1.61. The molecule has 6 heteroatoms. The first kappa shape index (κ1) is 12.6. The van der Waals surface area contributed by atoms with Crippen LogP contribution in [-0.2, 0) is 10.5 Å². The minimum absolute atomic E-state index is 0.0437. The molecule has 0 aliphatic heterocycles. The standard InChI is InChI=1S/C10H13NO4S/c1-14-8-3-4-11-7(10(8)15-2)5-16-6-9(12)13/h3-4H,5-6H2,1-2H3,(H,12,13). The van der Waals surface area contributed by atoms with E-state index in [1.54, 1.807) is 19.4 Å². The second-order valence-electron chi connectivity index (χ2n) is 2.88. The fraction of sp³-hybridized carbons (Fsp3) is 0.400. The van der Waals surface area contributed by atoms with E-state index in [9.17, 15) is 4.79 Å². The average molecular weight is 243 g/mol. The number of carbonyl (C=O) groups is 1. The highest BCUT2D eigenvalue weighted by Gasteiger charge is 2.11. The SMILES string of the molecule is COc1ccnc(CSCC(=O)O)c1OC. The van der Waals surface area contributed by atoms with Gasteiger partial charge in [-0.2, -0.15) is 0 Å². The molecule has 1 rings (SSSR count). The van der Waals surface area contributed by atoms with E-state index in [0.29, 0.717) is 22.9 Å². The molecule has 0 aliphatic rings. The van der Waals surface area contributed by atoms with Crippen molar-refractivity contribution in [3.05, 3.63) is 18.0 Å². The van der Waals surface area contributed by atoms with Crippen molar-refractivity contribution in [3.63, 3.8) is 0 Å². The van der Waals surface area contributed by atoms with Gasteiger partial charge in [0.2, 0.25) is 0 Å². The molecule has 0 fully saturated rings. The van der Waals surface area contributed by atoms with Crippen LogP contribution in [0.5, 0.6) is 11.5 Å². The van der Waals surface area contributed by atoms with Crippen molar-refractivity contribution in [2.45, 2.75) is 5.75 Å². The van der Waals surface area contributed by atoms with E-state index >= 15 is 0 Å². The fourth-order valence-electron chi connectivity index (χ4n) is 1.19. The van der Waals surface area contributed by atoms with Crippen LogP contribution in [0.25, 0.3) is 0 Å². The molecule has 16 heavy (non-hydrogen) atoms. The van der Waals surface area contributed by atoms with Crippen LogP contribution in [0, 0.1) is 0 Å². The second-order valence-corrected chi connectivity index (χ2v) is 3.87. The molecule has 0 unspecified atom stereocenters. The zero-order valence-corrected chi connectivity index (χ0v) is 9.91. The summed E-state index contributed by atoms with van der Waals surface area (Å²) in [5.74, 6) is 0.840. The highest BCUT2D eigenvalue weighted by Crippen LogP contribution is 2.31. The lowest BCUT2D eigenvalue weighted by Crippen LogP contribution is -2.01. The van der Waals surface area contributed by atoms with E-state index in [-0.39, 0.29) is 5.75 Å². The molecule has 0 bridgehead atoms. The molecule has 0 spiro atoms. The summed E-state index contributed by atoms with van der Waals surface area (Å²) in [6, 6.07) is 1.70. The summed E-state index contributed by atoms with van der Waals surface area (Å²) in [6.45, 7) is 0. The lowest BCUT2D eigenvalue weighted by Gasteiger charge is -2.10. The third-order valence-corrected chi connectivity index (χ3v) is 2.76. The molecule has 88 valence electrons. The molecule has 1 aromatic heterocycles. The van der Waals surface area contributed by atoms with E-state index in [1.165, 1.54) is 18.9 Å². The Balaban J connectivity index is 2.74. The van der Waals surface area contributed by atoms with E-state index in [1.807, 2.05) is 0 Å². The Hall–Kier alpha value is -1.43. The third-order valence-electron chi connectivity index (χ3n) is 1.83. The van der Waals surface area contributed by atoms with Crippen LogP contribution in [0.4, 0.5) is 0 Å². The van der Waals surface area contributed by atoms with Gasteiger partial charge in [0.25, 0.3) is 0 Å². The molecule has 1 heterocycles. The first-order chi connectivity index (χ1) is 7.69. The highest BCUT2D eigenvalue weighted by molar-refractivity contribution is 7.99. The number of carboxylic acid groups (broad SMARTS) is 1. The van der Waals surface area contributed by atoms with Crippen LogP contribution >= 0.6 is 11.8 Å². The van der Waals surface area contributed by atoms with Crippen LogP contribution in [-0.4, -0.2) is 36.0 Å². The van der Waals surface area contributed by atoms with E-state index < -0.39 is 5.97 Å². The minimum Gasteiger partial charge on any atom is -0.493 e.